The predicted octanol–water partition coefficient (Wildman–Crippen LogP) is 9.72. The number of benzene rings is 1. The number of hydrogen-bond donors (Lipinski definition) is 0. The second-order valence-corrected chi connectivity index (χ2v) is 9.85. The van der Waals surface area contributed by atoms with E-state index in [1.165, 1.54) is 44.2 Å². The molecule has 1 rings (SSSR count). The highest BCUT2D eigenvalue weighted by Crippen LogP contribution is 2.35. The quantitative estimate of drug-likeness (QED) is 0.113. The molecule has 1 aromatic rings. The van der Waals surface area contributed by atoms with Crippen molar-refractivity contribution in [2.75, 3.05) is 19.8 Å². The number of ether oxygens (including phenoxy) is 3. The molecule has 0 aliphatic heterocycles. The van der Waals surface area contributed by atoms with Gasteiger partial charge in [0.25, 0.3) is 5.97 Å². The van der Waals surface area contributed by atoms with Crippen molar-refractivity contribution < 1.29 is 27.4 Å². The lowest BCUT2D eigenvalue weighted by molar-refractivity contribution is -0.406. The summed E-state index contributed by atoms with van der Waals surface area (Å²) in [5.41, 5.74) is 0.157. The summed E-state index contributed by atoms with van der Waals surface area (Å²) in [7, 11) is 0. The maximum atomic E-state index is 13.1. The Bertz CT molecular complexity index is 641. The molecule has 210 valence electrons. The summed E-state index contributed by atoms with van der Waals surface area (Å²) in [6.07, 6.45) is 9.82. The topological polar surface area (TPSA) is 27.7 Å². The lowest BCUT2D eigenvalue weighted by Gasteiger charge is -2.40. The van der Waals surface area contributed by atoms with Crippen molar-refractivity contribution in [1.29, 1.82) is 0 Å². The fourth-order valence-corrected chi connectivity index (χ4v) is 4.50. The number of halogens is 3. The Hall–Kier alpha value is -1.11. The van der Waals surface area contributed by atoms with Gasteiger partial charge in [-0.1, -0.05) is 90.8 Å². The summed E-state index contributed by atoms with van der Waals surface area (Å²) in [6.45, 7) is 10.2. The van der Waals surface area contributed by atoms with E-state index in [4.69, 9.17) is 14.2 Å². The average Bonchev–Trinajstić information content (AvgIpc) is 2.87. The molecule has 6 heteroatoms. The molecule has 1 aromatic carbocycles. The van der Waals surface area contributed by atoms with Crippen LogP contribution in [0.15, 0.2) is 24.3 Å². The number of hydrogen-bond acceptors (Lipinski definition) is 3. The molecule has 0 saturated carbocycles. The van der Waals surface area contributed by atoms with Crippen LogP contribution in [-0.4, -0.2) is 25.8 Å². The van der Waals surface area contributed by atoms with Crippen molar-refractivity contribution in [3.8, 4) is 0 Å². The Balaban J connectivity index is 2.89. The standard InChI is InChI=1S/C30H51F3O3/c1-5-9-10-11-12-13-19-27(30(34-22-6-2,35-23-7-3)36-24-8-4)20-15-14-17-26-18-16-21-28(25-26)29(31,32)33/h16,18,21,25,27H,5-15,17,19-20,22-24H2,1-4H3. The van der Waals surface area contributed by atoms with Crippen LogP contribution in [0.25, 0.3) is 0 Å². The smallest absolute Gasteiger partial charge is 0.327 e. The second-order valence-electron chi connectivity index (χ2n) is 9.85. The first-order chi connectivity index (χ1) is 17.3. The molecule has 0 N–H and O–H groups in total. The molecule has 0 aromatic heterocycles. The van der Waals surface area contributed by atoms with Crippen LogP contribution in [0, 0.1) is 5.92 Å². The van der Waals surface area contributed by atoms with Crippen LogP contribution in [0.2, 0.25) is 0 Å². The largest absolute Gasteiger partial charge is 0.416 e. The first-order valence-electron chi connectivity index (χ1n) is 14.4. The third kappa shape index (κ3) is 12.9. The molecule has 0 bridgehead atoms. The summed E-state index contributed by atoms with van der Waals surface area (Å²) < 4.78 is 58.2. The van der Waals surface area contributed by atoms with Crippen LogP contribution in [0.5, 0.6) is 0 Å². The van der Waals surface area contributed by atoms with Crippen LogP contribution in [-0.2, 0) is 26.8 Å². The van der Waals surface area contributed by atoms with E-state index in [2.05, 4.69) is 27.7 Å². The van der Waals surface area contributed by atoms with Gasteiger partial charge < -0.3 is 14.2 Å². The molecule has 0 aliphatic rings. The molecule has 0 heterocycles. The van der Waals surface area contributed by atoms with Gasteiger partial charge >= 0.3 is 6.18 Å². The van der Waals surface area contributed by atoms with E-state index in [-0.39, 0.29) is 5.92 Å². The van der Waals surface area contributed by atoms with Crippen LogP contribution in [0.3, 0.4) is 0 Å². The normalized spacial score (nSPS) is 13.3. The summed E-state index contributed by atoms with van der Waals surface area (Å²) >= 11 is 0. The van der Waals surface area contributed by atoms with E-state index in [0.717, 1.165) is 63.0 Å². The third-order valence-corrected chi connectivity index (χ3v) is 6.45. The minimum atomic E-state index is -4.30. The van der Waals surface area contributed by atoms with Gasteiger partial charge in [0.1, 0.15) is 0 Å². The van der Waals surface area contributed by atoms with Crippen molar-refractivity contribution in [2.45, 2.75) is 130 Å². The van der Waals surface area contributed by atoms with E-state index < -0.39 is 17.7 Å². The summed E-state index contributed by atoms with van der Waals surface area (Å²) in [5.74, 6) is -0.948. The first kappa shape index (κ1) is 32.9. The molecule has 1 unspecified atom stereocenters. The number of unbranched alkanes of at least 4 members (excludes halogenated alkanes) is 6. The predicted molar refractivity (Wildman–Crippen MR) is 142 cm³/mol. The minimum absolute atomic E-state index is 0.0924. The summed E-state index contributed by atoms with van der Waals surface area (Å²) in [6, 6.07) is 5.69. The van der Waals surface area contributed by atoms with Gasteiger partial charge in [-0.3, -0.25) is 0 Å². The molecule has 36 heavy (non-hydrogen) atoms. The van der Waals surface area contributed by atoms with Crippen molar-refractivity contribution in [2.24, 2.45) is 5.92 Å². The van der Waals surface area contributed by atoms with Gasteiger partial charge in [-0.15, -0.1) is 0 Å². The Morgan fingerprint density at radius 3 is 1.72 bits per heavy atom. The summed E-state index contributed by atoms with van der Waals surface area (Å²) in [5, 5.41) is 0. The molecule has 0 fully saturated rings. The van der Waals surface area contributed by atoms with Gasteiger partial charge in [-0.25, -0.2) is 0 Å². The van der Waals surface area contributed by atoms with Crippen LogP contribution in [0.4, 0.5) is 13.2 Å². The fraction of sp³-hybridized carbons (Fsp3) is 0.800. The Morgan fingerprint density at radius 1 is 0.667 bits per heavy atom. The monoisotopic (exact) mass is 516 g/mol. The lowest BCUT2D eigenvalue weighted by atomic mass is 9.91. The number of alkyl halides is 3. The van der Waals surface area contributed by atoms with Gasteiger partial charge in [0, 0.05) is 5.92 Å². The van der Waals surface area contributed by atoms with E-state index in [1.807, 2.05) is 0 Å². The van der Waals surface area contributed by atoms with Gasteiger partial charge in [0.2, 0.25) is 0 Å². The molecule has 0 aliphatic carbocycles. The Kier molecular flexibility index (Phi) is 17.4. The zero-order valence-corrected chi connectivity index (χ0v) is 23.3. The molecule has 0 spiro atoms. The third-order valence-electron chi connectivity index (χ3n) is 6.45. The maximum absolute atomic E-state index is 13.1. The van der Waals surface area contributed by atoms with Crippen molar-refractivity contribution in [1.82, 2.24) is 0 Å². The van der Waals surface area contributed by atoms with Gasteiger partial charge in [-0.05, 0) is 56.6 Å². The Morgan fingerprint density at radius 2 is 1.19 bits per heavy atom. The zero-order valence-electron chi connectivity index (χ0n) is 23.3. The highest BCUT2D eigenvalue weighted by molar-refractivity contribution is 5.25. The van der Waals surface area contributed by atoms with Gasteiger partial charge in [0.15, 0.2) is 0 Å². The van der Waals surface area contributed by atoms with Crippen LogP contribution < -0.4 is 0 Å². The minimum Gasteiger partial charge on any atom is -0.327 e. The number of aryl methyl sites for hydroxylation is 1. The van der Waals surface area contributed by atoms with Gasteiger partial charge in [-0.2, -0.15) is 13.2 Å². The SMILES string of the molecule is CCCCCCCCC(CCCCc1cccc(C(F)(F)F)c1)C(OCCC)(OCCC)OCCC. The lowest BCUT2D eigenvalue weighted by Crippen LogP contribution is -2.47. The maximum Gasteiger partial charge on any atom is 0.416 e. The van der Waals surface area contributed by atoms with Crippen molar-refractivity contribution >= 4 is 0 Å². The molecule has 1 atom stereocenters. The van der Waals surface area contributed by atoms with E-state index in [1.54, 1.807) is 6.07 Å². The van der Waals surface area contributed by atoms with Crippen molar-refractivity contribution in [3.05, 3.63) is 35.4 Å². The summed E-state index contributed by atoms with van der Waals surface area (Å²) in [4.78, 5) is 0. The average molecular weight is 517 g/mol. The van der Waals surface area contributed by atoms with E-state index in [9.17, 15) is 13.2 Å². The van der Waals surface area contributed by atoms with Crippen LogP contribution >= 0.6 is 0 Å². The van der Waals surface area contributed by atoms with E-state index in [0.29, 0.717) is 26.2 Å². The van der Waals surface area contributed by atoms with Crippen LogP contribution in [0.1, 0.15) is 122 Å². The highest BCUT2D eigenvalue weighted by Gasteiger charge is 2.42. The molecular formula is C30H51F3O3. The Labute approximate surface area is 218 Å². The fourth-order valence-electron chi connectivity index (χ4n) is 4.50. The number of rotatable bonds is 22. The molecule has 3 nitrogen and oxygen atoms in total. The molecule has 0 radical (unpaired) electrons. The molecule has 0 amide bonds. The first-order valence-corrected chi connectivity index (χ1v) is 14.4. The second kappa shape index (κ2) is 19.0. The van der Waals surface area contributed by atoms with E-state index >= 15 is 0 Å². The molecule has 0 saturated heterocycles. The zero-order chi connectivity index (χ0) is 26.7. The highest BCUT2D eigenvalue weighted by atomic mass is 19.4. The van der Waals surface area contributed by atoms with Crippen molar-refractivity contribution in [3.63, 3.8) is 0 Å². The van der Waals surface area contributed by atoms with Gasteiger partial charge in [0.05, 0.1) is 25.4 Å². The molecular weight excluding hydrogens is 465 g/mol.